The van der Waals surface area contributed by atoms with Crippen LogP contribution in [0.3, 0.4) is 0 Å². The van der Waals surface area contributed by atoms with Crippen LogP contribution in [-0.2, 0) is 16.0 Å². The summed E-state index contributed by atoms with van der Waals surface area (Å²) in [5.41, 5.74) is 0.730. The van der Waals surface area contributed by atoms with E-state index in [0.717, 1.165) is 26.1 Å². The van der Waals surface area contributed by atoms with E-state index in [1.165, 1.54) is 6.07 Å². The minimum absolute atomic E-state index is 0.101. The smallest absolute Gasteiger partial charge is 0.335 e. The minimum atomic E-state index is -1.00. The van der Waals surface area contributed by atoms with Crippen LogP contribution < -0.4 is 5.32 Å². The predicted octanol–water partition coefficient (Wildman–Crippen LogP) is 1.47. The van der Waals surface area contributed by atoms with Crippen LogP contribution in [0.15, 0.2) is 24.3 Å². The van der Waals surface area contributed by atoms with Crippen molar-refractivity contribution in [3.8, 4) is 0 Å². The molecule has 0 spiro atoms. The van der Waals surface area contributed by atoms with Crippen LogP contribution in [0.4, 0.5) is 0 Å². The standard InChI is InChI=1S/C15H19NO4/c17-14(16-7-5-11-6-8-20-10-11)9-12-3-1-2-4-13(12)15(18)19/h1-4,11H,5-10H2,(H,16,17)(H,18,19). The number of rotatable bonds is 6. The van der Waals surface area contributed by atoms with Crippen LogP contribution in [0.1, 0.15) is 28.8 Å². The maximum atomic E-state index is 11.8. The number of hydrogen-bond donors (Lipinski definition) is 2. The highest BCUT2D eigenvalue weighted by Gasteiger charge is 2.16. The van der Waals surface area contributed by atoms with Crippen molar-refractivity contribution in [1.82, 2.24) is 5.32 Å². The number of carbonyl (C=O) groups excluding carboxylic acids is 1. The Kier molecular flexibility index (Phi) is 5.12. The summed E-state index contributed by atoms with van der Waals surface area (Å²) >= 11 is 0. The second-order valence-electron chi connectivity index (χ2n) is 5.01. The Labute approximate surface area is 117 Å². The van der Waals surface area contributed by atoms with Gasteiger partial charge in [0.05, 0.1) is 12.0 Å². The first kappa shape index (κ1) is 14.5. The largest absolute Gasteiger partial charge is 0.478 e. The van der Waals surface area contributed by atoms with E-state index in [1.807, 2.05) is 0 Å². The summed E-state index contributed by atoms with van der Waals surface area (Å²) < 4.78 is 5.27. The van der Waals surface area contributed by atoms with Gasteiger partial charge < -0.3 is 15.2 Å². The van der Waals surface area contributed by atoms with Crippen LogP contribution in [-0.4, -0.2) is 36.7 Å². The van der Waals surface area contributed by atoms with Gasteiger partial charge in [-0.05, 0) is 30.4 Å². The van der Waals surface area contributed by atoms with E-state index in [2.05, 4.69) is 5.32 Å². The number of carbonyl (C=O) groups is 2. The Morgan fingerprint density at radius 3 is 2.85 bits per heavy atom. The fourth-order valence-corrected chi connectivity index (χ4v) is 2.35. The molecule has 0 radical (unpaired) electrons. The monoisotopic (exact) mass is 277 g/mol. The molecule has 5 heteroatoms. The van der Waals surface area contributed by atoms with Crippen LogP contribution >= 0.6 is 0 Å². The molecule has 1 unspecified atom stereocenters. The highest BCUT2D eigenvalue weighted by molar-refractivity contribution is 5.91. The molecule has 1 fully saturated rings. The molecule has 20 heavy (non-hydrogen) atoms. The van der Waals surface area contributed by atoms with Crippen molar-refractivity contribution < 1.29 is 19.4 Å². The lowest BCUT2D eigenvalue weighted by atomic mass is 10.0. The molecule has 108 valence electrons. The van der Waals surface area contributed by atoms with E-state index < -0.39 is 5.97 Å². The number of aromatic carboxylic acids is 1. The number of benzene rings is 1. The van der Waals surface area contributed by atoms with Gasteiger partial charge >= 0.3 is 5.97 Å². The van der Waals surface area contributed by atoms with E-state index in [0.29, 0.717) is 18.0 Å². The van der Waals surface area contributed by atoms with Gasteiger partial charge in [0, 0.05) is 19.8 Å². The highest BCUT2D eigenvalue weighted by atomic mass is 16.5. The second kappa shape index (κ2) is 7.05. The molecule has 1 aliphatic heterocycles. The van der Waals surface area contributed by atoms with Crippen molar-refractivity contribution in [2.45, 2.75) is 19.3 Å². The van der Waals surface area contributed by atoms with Crippen molar-refractivity contribution in [2.24, 2.45) is 5.92 Å². The first-order chi connectivity index (χ1) is 9.66. The van der Waals surface area contributed by atoms with Crippen LogP contribution in [0.5, 0.6) is 0 Å². The Morgan fingerprint density at radius 1 is 1.35 bits per heavy atom. The van der Waals surface area contributed by atoms with Crippen LogP contribution in [0.25, 0.3) is 0 Å². The number of carboxylic acid groups (broad SMARTS) is 1. The summed E-state index contributed by atoms with van der Waals surface area (Å²) in [6.07, 6.45) is 2.06. The van der Waals surface area contributed by atoms with Gasteiger partial charge in [0.25, 0.3) is 0 Å². The first-order valence-electron chi connectivity index (χ1n) is 6.82. The quantitative estimate of drug-likeness (QED) is 0.825. The average molecular weight is 277 g/mol. The fraction of sp³-hybridized carbons (Fsp3) is 0.467. The molecule has 5 nitrogen and oxygen atoms in total. The molecule has 0 saturated carbocycles. The van der Waals surface area contributed by atoms with E-state index in [1.54, 1.807) is 18.2 Å². The van der Waals surface area contributed by atoms with Crippen molar-refractivity contribution in [3.05, 3.63) is 35.4 Å². The summed E-state index contributed by atoms with van der Waals surface area (Å²) in [7, 11) is 0. The number of ether oxygens (including phenoxy) is 1. The summed E-state index contributed by atoms with van der Waals surface area (Å²) in [5.74, 6) is -0.615. The molecule has 1 aromatic rings. The molecule has 2 rings (SSSR count). The lowest BCUT2D eigenvalue weighted by molar-refractivity contribution is -0.120. The van der Waals surface area contributed by atoms with Gasteiger partial charge in [0.15, 0.2) is 0 Å². The van der Waals surface area contributed by atoms with Gasteiger partial charge in [-0.25, -0.2) is 4.79 Å². The molecule has 1 heterocycles. The van der Waals surface area contributed by atoms with E-state index >= 15 is 0 Å². The molecular weight excluding hydrogens is 258 g/mol. The van der Waals surface area contributed by atoms with Gasteiger partial charge in [-0.2, -0.15) is 0 Å². The molecule has 1 aliphatic rings. The van der Waals surface area contributed by atoms with Crippen molar-refractivity contribution in [1.29, 1.82) is 0 Å². The summed E-state index contributed by atoms with van der Waals surface area (Å²) in [5, 5.41) is 11.9. The molecule has 0 aromatic heterocycles. The zero-order valence-electron chi connectivity index (χ0n) is 11.3. The van der Waals surface area contributed by atoms with Crippen molar-refractivity contribution >= 4 is 11.9 Å². The SMILES string of the molecule is O=C(Cc1ccccc1C(=O)O)NCCC1CCOC1. The van der Waals surface area contributed by atoms with Crippen LogP contribution in [0.2, 0.25) is 0 Å². The number of hydrogen-bond acceptors (Lipinski definition) is 3. The third-order valence-corrected chi connectivity index (χ3v) is 3.50. The Bertz CT molecular complexity index is 481. The first-order valence-corrected chi connectivity index (χ1v) is 6.82. The number of nitrogens with one attached hydrogen (secondary N) is 1. The average Bonchev–Trinajstić information content (AvgIpc) is 2.92. The predicted molar refractivity (Wildman–Crippen MR) is 73.7 cm³/mol. The van der Waals surface area contributed by atoms with Gasteiger partial charge in [0.2, 0.25) is 5.91 Å². The molecule has 1 amide bonds. The second-order valence-corrected chi connectivity index (χ2v) is 5.01. The van der Waals surface area contributed by atoms with Gasteiger partial charge in [-0.1, -0.05) is 18.2 Å². The minimum Gasteiger partial charge on any atom is -0.478 e. The molecule has 1 atom stereocenters. The Morgan fingerprint density at radius 2 is 2.15 bits per heavy atom. The number of amides is 1. The highest BCUT2D eigenvalue weighted by Crippen LogP contribution is 2.15. The maximum absolute atomic E-state index is 11.8. The summed E-state index contributed by atoms with van der Waals surface area (Å²) in [4.78, 5) is 22.9. The molecule has 1 saturated heterocycles. The summed E-state index contributed by atoms with van der Waals surface area (Å²) in [6.45, 7) is 2.20. The van der Waals surface area contributed by atoms with Gasteiger partial charge in [0.1, 0.15) is 0 Å². The van der Waals surface area contributed by atoms with Gasteiger partial charge in [-0.15, -0.1) is 0 Å². The number of carboxylic acids is 1. The molecule has 0 bridgehead atoms. The van der Waals surface area contributed by atoms with E-state index in [4.69, 9.17) is 9.84 Å². The zero-order chi connectivity index (χ0) is 14.4. The Balaban J connectivity index is 1.80. The van der Waals surface area contributed by atoms with Gasteiger partial charge in [-0.3, -0.25) is 4.79 Å². The Hall–Kier alpha value is -1.88. The molecular formula is C15H19NO4. The topological polar surface area (TPSA) is 75.6 Å². The maximum Gasteiger partial charge on any atom is 0.335 e. The normalized spacial score (nSPS) is 17.9. The van der Waals surface area contributed by atoms with Crippen molar-refractivity contribution in [3.63, 3.8) is 0 Å². The third-order valence-electron chi connectivity index (χ3n) is 3.50. The third kappa shape index (κ3) is 4.06. The fourth-order valence-electron chi connectivity index (χ4n) is 2.35. The lowest BCUT2D eigenvalue weighted by Gasteiger charge is -2.10. The summed E-state index contributed by atoms with van der Waals surface area (Å²) in [6, 6.07) is 6.59. The van der Waals surface area contributed by atoms with Crippen LogP contribution in [0, 0.1) is 5.92 Å². The molecule has 2 N–H and O–H groups in total. The molecule has 0 aliphatic carbocycles. The van der Waals surface area contributed by atoms with E-state index in [9.17, 15) is 9.59 Å². The van der Waals surface area contributed by atoms with Crippen molar-refractivity contribution in [2.75, 3.05) is 19.8 Å². The molecule has 1 aromatic carbocycles. The van der Waals surface area contributed by atoms with E-state index in [-0.39, 0.29) is 17.9 Å². The lowest BCUT2D eigenvalue weighted by Crippen LogP contribution is -2.28. The zero-order valence-corrected chi connectivity index (χ0v) is 11.3.